The molecule has 0 bridgehead atoms. The molecular weight excluding hydrogens is 277 g/mol. The summed E-state index contributed by atoms with van der Waals surface area (Å²) in [6.45, 7) is 1.38. The standard InChI is InChI=1S/C14H20FN3O3/c1-17(2)7-4-8-18(3)14(21)16-12-6-5-10(15)9-11(12)13(19)20/h5-6,9H,4,7-8H2,1-3H3,(H,16,21)(H,19,20). The maximum absolute atomic E-state index is 13.1. The van der Waals surface area contributed by atoms with Crippen LogP contribution >= 0.6 is 0 Å². The molecule has 2 amide bonds. The number of carbonyl (C=O) groups is 2. The minimum Gasteiger partial charge on any atom is -0.478 e. The molecule has 2 N–H and O–H groups in total. The first-order valence-corrected chi connectivity index (χ1v) is 6.51. The average molecular weight is 297 g/mol. The van der Waals surface area contributed by atoms with Crippen molar-refractivity contribution in [3.8, 4) is 0 Å². The van der Waals surface area contributed by atoms with Gasteiger partial charge in [0, 0.05) is 13.6 Å². The highest BCUT2D eigenvalue weighted by atomic mass is 19.1. The Balaban J connectivity index is 2.68. The van der Waals surface area contributed by atoms with E-state index < -0.39 is 17.8 Å². The second kappa shape index (κ2) is 7.58. The second-order valence-corrected chi connectivity index (χ2v) is 5.00. The largest absolute Gasteiger partial charge is 0.478 e. The van der Waals surface area contributed by atoms with Crippen LogP contribution in [0.1, 0.15) is 16.8 Å². The fourth-order valence-corrected chi connectivity index (χ4v) is 1.74. The van der Waals surface area contributed by atoms with E-state index in [0.717, 1.165) is 25.1 Å². The minimum absolute atomic E-state index is 0.0772. The Bertz CT molecular complexity index is 520. The lowest BCUT2D eigenvalue weighted by Gasteiger charge is -2.19. The fourth-order valence-electron chi connectivity index (χ4n) is 1.74. The van der Waals surface area contributed by atoms with Crippen molar-refractivity contribution in [2.45, 2.75) is 6.42 Å². The van der Waals surface area contributed by atoms with E-state index in [4.69, 9.17) is 5.11 Å². The first kappa shape index (κ1) is 16.9. The zero-order valence-electron chi connectivity index (χ0n) is 12.4. The summed E-state index contributed by atoms with van der Waals surface area (Å²) in [6, 6.07) is 2.80. The Morgan fingerprint density at radius 3 is 2.48 bits per heavy atom. The van der Waals surface area contributed by atoms with Gasteiger partial charge in [0.15, 0.2) is 0 Å². The van der Waals surface area contributed by atoms with Crippen molar-refractivity contribution in [2.75, 3.05) is 39.5 Å². The second-order valence-electron chi connectivity index (χ2n) is 5.00. The number of nitrogens with one attached hydrogen (secondary N) is 1. The molecule has 0 saturated heterocycles. The van der Waals surface area contributed by atoms with E-state index in [-0.39, 0.29) is 11.3 Å². The van der Waals surface area contributed by atoms with Crippen LogP contribution in [0.15, 0.2) is 18.2 Å². The van der Waals surface area contributed by atoms with E-state index in [0.29, 0.717) is 6.54 Å². The van der Waals surface area contributed by atoms with Crippen molar-refractivity contribution in [3.63, 3.8) is 0 Å². The van der Waals surface area contributed by atoms with E-state index >= 15 is 0 Å². The number of amides is 2. The van der Waals surface area contributed by atoms with E-state index in [9.17, 15) is 14.0 Å². The van der Waals surface area contributed by atoms with Gasteiger partial charge in [-0.1, -0.05) is 0 Å². The highest BCUT2D eigenvalue weighted by Gasteiger charge is 2.15. The summed E-state index contributed by atoms with van der Waals surface area (Å²) in [6.07, 6.45) is 0.798. The van der Waals surface area contributed by atoms with Crippen molar-refractivity contribution < 1.29 is 19.1 Å². The van der Waals surface area contributed by atoms with Gasteiger partial charge >= 0.3 is 12.0 Å². The van der Waals surface area contributed by atoms with Crippen LogP contribution in [0, 0.1) is 5.82 Å². The molecule has 0 aliphatic carbocycles. The molecule has 0 unspecified atom stereocenters. The number of halogens is 1. The molecule has 1 aromatic rings. The third-order valence-electron chi connectivity index (χ3n) is 2.90. The Kier molecular flexibility index (Phi) is 6.10. The zero-order chi connectivity index (χ0) is 16.0. The maximum atomic E-state index is 13.1. The molecule has 0 saturated carbocycles. The van der Waals surface area contributed by atoms with Gasteiger partial charge in [0.1, 0.15) is 5.82 Å². The molecule has 0 aliphatic rings. The van der Waals surface area contributed by atoms with Crippen molar-refractivity contribution in [3.05, 3.63) is 29.6 Å². The lowest BCUT2D eigenvalue weighted by Crippen LogP contribution is -2.33. The van der Waals surface area contributed by atoms with E-state index in [1.54, 1.807) is 7.05 Å². The van der Waals surface area contributed by atoms with Gasteiger partial charge in [-0.05, 0) is 45.3 Å². The number of hydrogen-bond acceptors (Lipinski definition) is 3. The lowest BCUT2D eigenvalue weighted by molar-refractivity contribution is 0.0697. The number of aromatic carboxylic acids is 1. The molecular formula is C14H20FN3O3. The predicted octanol–water partition coefficient (Wildman–Crippen LogP) is 1.94. The van der Waals surface area contributed by atoms with Crippen LogP contribution in [0.2, 0.25) is 0 Å². The van der Waals surface area contributed by atoms with Crippen molar-refractivity contribution >= 4 is 17.7 Å². The summed E-state index contributed by atoms with van der Waals surface area (Å²) in [4.78, 5) is 26.5. The smallest absolute Gasteiger partial charge is 0.337 e. The van der Waals surface area contributed by atoms with Gasteiger partial charge in [0.2, 0.25) is 0 Å². The van der Waals surface area contributed by atoms with Crippen molar-refractivity contribution in [1.82, 2.24) is 9.80 Å². The van der Waals surface area contributed by atoms with E-state index in [2.05, 4.69) is 5.32 Å². The number of carboxylic acid groups (broad SMARTS) is 1. The molecule has 0 fully saturated rings. The highest BCUT2D eigenvalue weighted by Crippen LogP contribution is 2.17. The first-order chi connectivity index (χ1) is 9.81. The van der Waals surface area contributed by atoms with Gasteiger partial charge in [-0.3, -0.25) is 0 Å². The molecule has 1 rings (SSSR count). The van der Waals surface area contributed by atoms with Crippen LogP contribution in [0.3, 0.4) is 0 Å². The Labute approximate surface area is 123 Å². The number of carboxylic acids is 1. The number of rotatable bonds is 6. The fraction of sp³-hybridized carbons (Fsp3) is 0.429. The van der Waals surface area contributed by atoms with Crippen LogP contribution in [-0.2, 0) is 0 Å². The van der Waals surface area contributed by atoms with Gasteiger partial charge in [-0.2, -0.15) is 0 Å². The maximum Gasteiger partial charge on any atom is 0.337 e. The number of nitrogens with zero attached hydrogens (tertiary/aromatic N) is 2. The number of hydrogen-bond donors (Lipinski definition) is 2. The van der Waals surface area contributed by atoms with Crippen LogP contribution in [0.25, 0.3) is 0 Å². The third-order valence-corrected chi connectivity index (χ3v) is 2.90. The molecule has 1 aromatic carbocycles. The van der Waals surface area contributed by atoms with Gasteiger partial charge in [0.25, 0.3) is 0 Å². The SMILES string of the molecule is CN(C)CCCN(C)C(=O)Nc1ccc(F)cc1C(=O)O. The number of benzene rings is 1. The summed E-state index contributed by atoms with van der Waals surface area (Å²) in [5.74, 6) is -1.95. The first-order valence-electron chi connectivity index (χ1n) is 6.51. The molecule has 116 valence electrons. The summed E-state index contributed by atoms with van der Waals surface area (Å²) < 4.78 is 13.1. The van der Waals surface area contributed by atoms with Crippen molar-refractivity contribution in [2.24, 2.45) is 0 Å². The normalized spacial score (nSPS) is 10.5. The monoisotopic (exact) mass is 297 g/mol. The quantitative estimate of drug-likeness (QED) is 0.841. The van der Waals surface area contributed by atoms with E-state index in [1.807, 2.05) is 19.0 Å². The number of carbonyl (C=O) groups excluding carboxylic acids is 1. The summed E-state index contributed by atoms with van der Waals surface area (Å²) >= 11 is 0. The minimum atomic E-state index is -1.29. The summed E-state index contributed by atoms with van der Waals surface area (Å²) in [5, 5.41) is 11.5. The van der Waals surface area contributed by atoms with Gasteiger partial charge in [-0.15, -0.1) is 0 Å². The lowest BCUT2D eigenvalue weighted by atomic mass is 10.1. The zero-order valence-corrected chi connectivity index (χ0v) is 12.4. The topological polar surface area (TPSA) is 72.9 Å². The van der Waals surface area contributed by atoms with E-state index in [1.165, 1.54) is 11.0 Å². The van der Waals surface area contributed by atoms with Gasteiger partial charge in [0.05, 0.1) is 11.3 Å². The summed E-state index contributed by atoms with van der Waals surface area (Å²) in [5.41, 5.74) is -0.196. The molecule has 7 heteroatoms. The predicted molar refractivity (Wildman–Crippen MR) is 78.2 cm³/mol. The highest BCUT2D eigenvalue weighted by molar-refractivity contribution is 5.99. The number of urea groups is 1. The molecule has 0 spiro atoms. The van der Waals surface area contributed by atoms with Crippen LogP contribution in [-0.4, -0.2) is 61.1 Å². The number of anilines is 1. The van der Waals surface area contributed by atoms with Crippen LogP contribution in [0.4, 0.5) is 14.9 Å². The van der Waals surface area contributed by atoms with Gasteiger partial charge in [-0.25, -0.2) is 14.0 Å². The molecule has 21 heavy (non-hydrogen) atoms. The van der Waals surface area contributed by atoms with Gasteiger partial charge < -0.3 is 20.2 Å². The molecule has 0 atom stereocenters. The third kappa shape index (κ3) is 5.39. The summed E-state index contributed by atoms with van der Waals surface area (Å²) in [7, 11) is 5.50. The molecule has 0 radical (unpaired) electrons. The van der Waals surface area contributed by atoms with Crippen LogP contribution < -0.4 is 5.32 Å². The molecule has 0 heterocycles. The Morgan fingerprint density at radius 1 is 1.24 bits per heavy atom. The molecule has 0 aliphatic heterocycles. The average Bonchev–Trinajstić information content (AvgIpc) is 2.39. The Hall–Kier alpha value is -2.15. The molecule has 6 nitrogen and oxygen atoms in total. The molecule has 0 aromatic heterocycles. The van der Waals surface area contributed by atoms with Crippen LogP contribution in [0.5, 0.6) is 0 Å². The Morgan fingerprint density at radius 2 is 1.90 bits per heavy atom. The van der Waals surface area contributed by atoms with Crippen molar-refractivity contribution in [1.29, 1.82) is 0 Å².